The van der Waals surface area contributed by atoms with Crippen LogP contribution in [0.15, 0.2) is 132 Å². The number of hydrogen-bond acceptors (Lipinski definition) is 1. The van der Waals surface area contributed by atoms with E-state index in [0.717, 1.165) is 13.9 Å². The number of benzene rings is 4. The SMILES string of the molecule is C(C=Cc1ccccc1)=Cc1ccccc1.CC1=C(C)[CH]([Zr][CH]2C(C)=C(C)c3ccccc32)c2ccccc21.CCO[SiH2]C. The molecule has 2 aliphatic carbocycles. The summed E-state index contributed by atoms with van der Waals surface area (Å²) in [4.78, 5) is 0. The van der Waals surface area contributed by atoms with Crippen LogP contribution >= 0.6 is 0 Å². The molecule has 3 heteroatoms. The van der Waals surface area contributed by atoms with Gasteiger partial charge >= 0.3 is 151 Å². The molecule has 4 aromatic rings. The molecule has 0 fully saturated rings. The predicted molar refractivity (Wildman–Crippen MR) is 192 cm³/mol. The third-order valence-corrected chi connectivity index (χ3v) is 14.5. The fourth-order valence-electron chi connectivity index (χ4n) is 5.77. The first-order valence-electron chi connectivity index (χ1n) is 15.8. The van der Waals surface area contributed by atoms with Crippen molar-refractivity contribution in [3.63, 3.8) is 0 Å². The Morgan fingerprint density at radius 1 is 0.591 bits per heavy atom. The van der Waals surface area contributed by atoms with E-state index in [4.69, 9.17) is 4.43 Å². The standard InChI is InChI=1S/C16H14.2C11H11.C3H10OSi.Zr/c1-3-9-15(10-4-1)13-7-8-14-16-11-5-2-6-12-16;2*1-8-7-10-5-3-4-6-11(10)9(8)2;1-3-4-5-2;/h1-14H;2*3-7H,1-2H3;3,5H2,1-2H3;. The van der Waals surface area contributed by atoms with Crippen LogP contribution in [0, 0.1) is 0 Å². The molecule has 0 N–H and O–H groups in total. The molecule has 0 saturated carbocycles. The summed E-state index contributed by atoms with van der Waals surface area (Å²) in [6, 6.07) is 38.7. The zero-order chi connectivity index (χ0) is 31.3. The smallest absolute Gasteiger partial charge is 0.158 e. The first-order chi connectivity index (χ1) is 21.5. The van der Waals surface area contributed by atoms with E-state index < -0.39 is 23.2 Å². The van der Waals surface area contributed by atoms with Crippen LogP contribution < -0.4 is 0 Å². The molecule has 0 aromatic heterocycles. The molecule has 0 radical (unpaired) electrons. The van der Waals surface area contributed by atoms with Crippen molar-refractivity contribution in [1.29, 1.82) is 0 Å². The summed E-state index contributed by atoms with van der Waals surface area (Å²) in [5.74, 6) is 0. The molecule has 44 heavy (non-hydrogen) atoms. The van der Waals surface area contributed by atoms with Gasteiger partial charge in [0.05, 0.1) is 0 Å². The van der Waals surface area contributed by atoms with Gasteiger partial charge in [-0.15, -0.1) is 0 Å². The maximum atomic E-state index is 4.97. The van der Waals surface area contributed by atoms with Crippen LogP contribution in [0.3, 0.4) is 0 Å². The second-order valence-corrected chi connectivity index (χ2v) is 15.8. The fourth-order valence-corrected chi connectivity index (χ4v) is 11.4. The minimum absolute atomic E-state index is 0.0860. The van der Waals surface area contributed by atoms with Crippen LogP contribution in [0.4, 0.5) is 0 Å². The average molecular weight is 674 g/mol. The van der Waals surface area contributed by atoms with Gasteiger partial charge in [0.2, 0.25) is 0 Å². The van der Waals surface area contributed by atoms with E-state index >= 15 is 0 Å². The Morgan fingerprint density at radius 3 is 1.34 bits per heavy atom. The second kappa shape index (κ2) is 17.4. The summed E-state index contributed by atoms with van der Waals surface area (Å²) in [5.41, 5.74) is 15.0. The zero-order valence-electron chi connectivity index (χ0n) is 27.2. The molecule has 2 unspecified atom stereocenters. The van der Waals surface area contributed by atoms with Gasteiger partial charge < -0.3 is 4.43 Å². The van der Waals surface area contributed by atoms with Gasteiger partial charge in [-0.2, -0.15) is 0 Å². The van der Waals surface area contributed by atoms with Crippen LogP contribution in [-0.4, -0.2) is 16.4 Å². The molecule has 2 atom stereocenters. The monoisotopic (exact) mass is 672 g/mol. The fraction of sp³-hybridized carbons (Fsp3) is 0.220. The summed E-state index contributed by atoms with van der Waals surface area (Å²) < 4.78 is 6.43. The Balaban J connectivity index is 0.000000183. The Hall–Kier alpha value is -3.10. The van der Waals surface area contributed by atoms with Gasteiger partial charge in [0.1, 0.15) is 0 Å². The maximum absolute atomic E-state index is 4.97. The van der Waals surface area contributed by atoms with Crippen molar-refractivity contribution in [3.8, 4) is 0 Å². The maximum Gasteiger partial charge on any atom is 0.158 e. The summed E-state index contributed by atoms with van der Waals surface area (Å²) in [7, 11) is -0.0860. The van der Waals surface area contributed by atoms with Crippen molar-refractivity contribution < 1.29 is 27.7 Å². The van der Waals surface area contributed by atoms with E-state index in [2.05, 4.69) is 131 Å². The topological polar surface area (TPSA) is 9.23 Å². The predicted octanol–water partition coefficient (Wildman–Crippen LogP) is 10.7. The minimum Gasteiger partial charge on any atom is -0.425 e. The van der Waals surface area contributed by atoms with E-state index in [1.807, 2.05) is 43.3 Å². The molecule has 0 aliphatic heterocycles. The van der Waals surface area contributed by atoms with Crippen molar-refractivity contribution in [2.75, 3.05) is 6.61 Å². The van der Waals surface area contributed by atoms with Crippen molar-refractivity contribution >= 4 is 33.1 Å². The largest absolute Gasteiger partial charge is 0.425 e. The Bertz CT molecular complexity index is 1490. The van der Waals surface area contributed by atoms with Gasteiger partial charge in [-0.1, -0.05) is 91.5 Å². The van der Waals surface area contributed by atoms with Gasteiger partial charge in [-0.05, 0) is 18.1 Å². The van der Waals surface area contributed by atoms with Crippen LogP contribution in [0.1, 0.15) is 75.3 Å². The van der Waals surface area contributed by atoms with Gasteiger partial charge in [0, 0.05) is 6.61 Å². The zero-order valence-corrected chi connectivity index (χ0v) is 31.1. The van der Waals surface area contributed by atoms with Crippen LogP contribution in [0.25, 0.3) is 23.3 Å². The molecule has 1 nitrogen and oxygen atoms in total. The molecule has 0 amide bonds. The number of fused-ring (bicyclic) bond motifs is 2. The summed E-state index contributed by atoms with van der Waals surface area (Å²) in [6.45, 7) is 14.4. The number of hydrogen-bond donors (Lipinski definition) is 0. The Labute approximate surface area is 280 Å². The van der Waals surface area contributed by atoms with E-state index in [-0.39, 0.29) is 9.76 Å². The summed E-state index contributed by atoms with van der Waals surface area (Å²) in [6.07, 6.45) is 8.31. The van der Waals surface area contributed by atoms with E-state index in [1.165, 1.54) is 33.4 Å². The quantitative estimate of drug-likeness (QED) is 0.140. The molecule has 0 spiro atoms. The number of allylic oxidation sites excluding steroid dienone is 6. The van der Waals surface area contributed by atoms with Gasteiger partial charge in [-0.3, -0.25) is 0 Å². The molecule has 6 rings (SSSR count). The first kappa shape index (κ1) is 33.8. The third-order valence-electron chi connectivity index (χ3n) is 8.43. The normalized spacial score (nSPS) is 17.0. The molecule has 2 aliphatic rings. The molecule has 0 heterocycles. The molecule has 224 valence electrons. The van der Waals surface area contributed by atoms with Crippen LogP contribution in [0.2, 0.25) is 6.55 Å². The van der Waals surface area contributed by atoms with Crippen molar-refractivity contribution in [1.82, 2.24) is 0 Å². The van der Waals surface area contributed by atoms with Crippen molar-refractivity contribution in [2.24, 2.45) is 0 Å². The summed E-state index contributed by atoms with van der Waals surface area (Å²) in [5, 5.41) is 0. The Morgan fingerprint density at radius 2 is 0.977 bits per heavy atom. The number of rotatable bonds is 7. The van der Waals surface area contributed by atoms with E-state index in [0.29, 0.717) is 0 Å². The van der Waals surface area contributed by atoms with Crippen molar-refractivity contribution in [3.05, 3.63) is 166 Å². The second-order valence-electron chi connectivity index (χ2n) is 11.1. The average Bonchev–Trinajstić information content (AvgIpc) is 3.46. The van der Waals surface area contributed by atoms with Crippen LogP contribution in [-0.2, 0) is 27.7 Å². The van der Waals surface area contributed by atoms with Crippen molar-refractivity contribution in [2.45, 2.75) is 48.4 Å². The van der Waals surface area contributed by atoms with Gasteiger partial charge in [0.25, 0.3) is 0 Å². The molecule has 4 aromatic carbocycles. The molecule has 0 saturated heterocycles. The summed E-state index contributed by atoms with van der Waals surface area (Å²) >= 11 is -0.668. The van der Waals surface area contributed by atoms with Crippen LogP contribution in [0.5, 0.6) is 0 Å². The third kappa shape index (κ3) is 8.75. The molecular formula is C41H46OSiZr. The van der Waals surface area contributed by atoms with Gasteiger partial charge in [0.15, 0.2) is 9.76 Å². The molecule has 0 bridgehead atoms. The van der Waals surface area contributed by atoms with Gasteiger partial charge in [-0.25, -0.2) is 0 Å². The van der Waals surface area contributed by atoms with E-state index in [1.54, 1.807) is 22.3 Å². The first-order valence-corrected chi connectivity index (χ1v) is 20.6. The molecular weight excluding hydrogens is 628 g/mol. The minimum atomic E-state index is -0.668. The van der Waals surface area contributed by atoms with E-state index in [9.17, 15) is 0 Å². The Kier molecular flexibility index (Phi) is 13.4.